The molecule has 20 heavy (non-hydrogen) atoms. The van der Waals surface area contributed by atoms with Gasteiger partial charge in [0.05, 0.1) is 5.92 Å². The summed E-state index contributed by atoms with van der Waals surface area (Å²) in [4.78, 5) is 10.9. The van der Waals surface area contributed by atoms with Crippen LogP contribution in [-0.4, -0.2) is 17.6 Å². The van der Waals surface area contributed by atoms with Crippen molar-refractivity contribution in [3.05, 3.63) is 34.1 Å². The molecule has 2 rings (SSSR count). The molecule has 0 aromatic heterocycles. The van der Waals surface area contributed by atoms with Gasteiger partial charge in [-0.1, -0.05) is 15.9 Å². The quantitative estimate of drug-likeness (QED) is 0.859. The zero-order valence-electron chi connectivity index (χ0n) is 11.2. The number of carbonyl (C=O) groups is 1. The lowest BCUT2D eigenvalue weighted by atomic mass is 9.82. The third-order valence-electron chi connectivity index (χ3n) is 3.95. The first kappa shape index (κ1) is 15.4. The van der Waals surface area contributed by atoms with Crippen molar-refractivity contribution in [3.8, 4) is 0 Å². The van der Waals surface area contributed by atoms with E-state index in [4.69, 9.17) is 5.11 Å². The first-order valence-electron chi connectivity index (χ1n) is 6.93. The van der Waals surface area contributed by atoms with Crippen LogP contribution in [0.4, 0.5) is 4.39 Å². The van der Waals surface area contributed by atoms with Crippen molar-refractivity contribution in [2.75, 3.05) is 6.54 Å². The third kappa shape index (κ3) is 4.28. The fraction of sp³-hybridized carbons (Fsp3) is 0.533. The van der Waals surface area contributed by atoms with Crippen molar-refractivity contribution in [3.63, 3.8) is 0 Å². The zero-order chi connectivity index (χ0) is 14.5. The molecule has 0 radical (unpaired) electrons. The fourth-order valence-electron chi connectivity index (χ4n) is 2.70. The summed E-state index contributed by atoms with van der Waals surface area (Å²) < 4.78 is 14.0. The molecule has 1 aliphatic rings. The van der Waals surface area contributed by atoms with E-state index in [1.165, 1.54) is 12.1 Å². The van der Waals surface area contributed by atoms with Crippen molar-refractivity contribution in [2.45, 2.75) is 32.2 Å². The van der Waals surface area contributed by atoms with Crippen LogP contribution in [0.3, 0.4) is 0 Å². The van der Waals surface area contributed by atoms with Crippen LogP contribution in [0.5, 0.6) is 0 Å². The smallest absolute Gasteiger partial charge is 0.306 e. The van der Waals surface area contributed by atoms with Gasteiger partial charge in [-0.15, -0.1) is 0 Å². The molecule has 2 N–H and O–H groups in total. The Morgan fingerprint density at radius 3 is 2.70 bits per heavy atom. The van der Waals surface area contributed by atoms with Crippen molar-refractivity contribution < 1.29 is 14.3 Å². The molecule has 0 amide bonds. The highest BCUT2D eigenvalue weighted by Crippen LogP contribution is 2.28. The average molecular weight is 344 g/mol. The Morgan fingerprint density at radius 2 is 2.05 bits per heavy atom. The summed E-state index contributed by atoms with van der Waals surface area (Å²) in [6.45, 7) is 1.48. The number of benzene rings is 1. The van der Waals surface area contributed by atoms with Gasteiger partial charge in [-0.3, -0.25) is 4.79 Å². The first-order valence-corrected chi connectivity index (χ1v) is 7.73. The summed E-state index contributed by atoms with van der Waals surface area (Å²) in [6.07, 6.45) is 3.44. The number of rotatable bonds is 5. The maximum atomic E-state index is 13.1. The second kappa shape index (κ2) is 7.18. The van der Waals surface area contributed by atoms with Crippen LogP contribution in [-0.2, 0) is 11.3 Å². The van der Waals surface area contributed by atoms with E-state index in [1.54, 1.807) is 6.07 Å². The molecule has 0 aliphatic heterocycles. The molecule has 5 heteroatoms. The summed E-state index contributed by atoms with van der Waals surface area (Å²) in [5.41, 5.74) is 0.907. The summed E-state index contributed by atoms with van der Waals surface area (Å²) in [5.74, 6) is -0.534. The van der Waals surface area contributed by atoms with Gasteiger partial charge in [-0.25, -0.2) is 4.39 Å². The van der Waals surface area contributed by atoms with Gasteiger partial charge in [-0.2, -0.15) is 0 Å². The predicted molar refractivity (Wildman–Crippen MR) is 78.9 cm³/mol. The van der Waals surface area contributed by atoms with Gasteiger partial charge in [0.25, 0.3) is 0 Å². The Balaban J connectivity index is 1.74. The van der Waals surface area contributed by atoms with Crippen LogP contribution in [0.2, 0.25) is 0 Å². The van der Waals surface area contributed by atoms with Gasteiger partial charge < -0.3 is 10.4 Å². The van der Waals surface area contributed by atoms with Gasteiger partial charge in [0, 0.05) is 11.0 Å². The van der Waals surface area contributed by atoms with Gasteiger partial charge in [0.15, 0.2) is 0 Å². The van der Waals surface area contributed by atoms with E-state index in [9.17, 15) is 9.18 Å². The Kier molecular flexibility index (Phi) is 5.54. The number of carboxylic acids is 1. The molecule has 0 unspecified atom stereocenters. The maximum Gasteiger partial charge on any atom is 0.306 e. The maximum absolute atomic E-state index is 13.1. The average Bonchev–Trinajstić information content (AvgIpc) is 2.43. The van der Waals surface area contributed by atoms with E-state index >= 15 is 0 Å². The highest BCUT2D eigenvalue weighted by molar-refractivity contribution is 9.10. The van der Waals surface area contributed by atoms with E-state index in [0.717, 1.165) is 42.3 Å². The van der Waals surface area contributed by atoms with Crippen molar-refractivity contribution in [1.29, 1.82) is 0 Å². The lowest BCUT2D eigenvalue weighted by Gasteiger charge is -2.26. The molecular formula is C15H19BrFNO2. The van der Waals surface area contributed by atoms with Crippen LogP contribution in [0.15, 0.2) is 22.7 Å². The minimum atomic E-state index is -0.667. The third-order valence-corrected chi connectivity index (χ3v) is 4.73. The Morgan fingerprint density at radius 1 is 1.35 bits per heavy atom. The van der Waals surface area contributed by atoms with Gasteiger partial charge in [-0.05, 0) is 61.9 Å². The van der Waals surface area contributed by atoms with E-state index < -0.39 is 5.97 Å². The predicted octanol–water partition coefficient (Wildman–Crippen LogP) is 3.57. The second-order valence-corrected chi connectivity index (χ2v) is 6.28. The SMILES string of the molecule is O=C(O)C1CCC(CNCc2cc(F)ccc2Br)CC1. The van der Waals surface area contributed by atoms with Crippen molar-refractivity contribution in [1.82, 2.24) is 5.32 Å². The Labute approximate surface area is 126 Å². The Bertz CT molecular complexity index is 473. The van der Waals surface area contributed by atoms with Crippen LogP contribution in [0, 0.1) is 17.7 Å². The van der Waals surface area contributed by atoms with Crippen LogP contribution in [0.25, 0.3) is 0 Å². The molecule has 1 aromatic rings. The summed E-state index contributed by atoms with van der Waals surface area (Å²) in [5, 5.41) is 12.3. The molecule has 1 aliphatic carbocycles. The van der Waals surface area contributed by atoms with E-state index in [2.05, 4.69) is 21.2 Å². The molecule has 0 bridgehead atoms. The van der Waals surface area contributed by atoms with Crippen molar-refractivity contribution in [2.24, 2.45) is 11.8 Å². The largest absolute Gasteiger partial charge is 0.481 e. The van der Waals surface area contributed by atoms with E-state index in [1.807, 2.05) is 0 Å². The number of hydrogen-bond donors (Lipinski definition) is 2. The minimum absolute atomic E-state index is 0.163. The highest BCUT2D eigenvalue weighted by Gasteiger charge is 2.25. The number of hydrogen-bond acceptors (Lipinski definition) is 2. The lowest BCUT2D eigenvalue weighted by molar-refractivity contribution is -0.143. The van der Waals surface area contributed by atoms with Crippen LogP contribution in [0.1, 0.15) is 31.2 Å². The number of carboxylic acid groups (broad SMARTS) is 1. The van der Waals surface area contributed by atoms with Crippen molar-refractivity contribution >= 4 is 21.9 Å². The molecule has 110 valence electrons. The fourth-order valence-corrected chi connectivity index (χ4v) is 3.09. The number of halogens is 2. The lowest BCUT2D eigenvalue weighted by Crippen LogP contribution is -2.28. The first-order chi connectivity index (χ1) is 9.56. The number of nitrogens with one attached hydrogen (secondary N) is 1. The molecule has 0 spiro atoms. The zero-order valence-corrected chi connectivity index (χ0v) is 12.8. The summed E-state index contributed by atoms with van der Waals surface area (Å²) >= 11 is 3.41. The molecule has 0 saturated heterocycles. The molecule has 3 nitrogen and oxygen atoms in total. The normalized spacial score (nSPS) is 22.7. The van der Waals surface area contributed by atoms with E-state index in [-0.39, 0.29) is 11.7 Å². The van der Waals surface area contributed by atoms with E-state index in [0.29, 0.717) is 12.5 Å². The van der Waals surface area contributed by atoms with Crippen LogP contribution < -0.4 is 5.32 Å². The molecule has 1 saturated carbocycles. The standard InChI is InChI=1S/C15H19BrFNO2/c16-14-6-5-13(17)7-12(14)9-18-8-10-1-3-11(4-2-10)15(19)20/h5-7,10-11,18H,1-4,8-9H2,(H,19,20). The summed E-state index contributed by atoms with van der Waals surface area (Å²) in [7, 11) is 0. The highest BCUT2D eigenvalue weighted by atomic mass is 79.9. The second-order valence-electron chi connectivity index (χ2n) is 5.42. The topological polar surface area (TPSA) is 49.3 Å². The number of aliphatic carboxylic acids is 1. The molecule has 1 aromatic carbocycles. The monoisotopic (exact) mass is 343 g/mol. The van der Waals surface area contributed by atoms with Gasteiger partial charge >= 0.3 is 5.97 Å². The Hall–Kier alpha value is -0.940. The van der Waals surface area contributed by atoms with Crippen LogP contribution >= 0.6 is 15.9 Å². The minimum Gasteiger partial charge on any atom is -0.481 e. The van der Waals surface area contributed by atoms with Gasteiger partial charge in [0.2, 0.25) is 0 Å². The molecule has 0 heterocycles. The molecule has 1 fully saturated rings. The molecule has 0 atom stereocenters. The molecular weight excluding hydrogens is 325 g/mol. The summed E-state index contributed by atoms with van der Waals surface area (Å²) in [6, 6.07) is 4.67. The van der Waals surface area contributed by atoms with Gasteiger partial charge in [0.1, 0.15) is 5.82 Å².